The van der Waals surface area contributed by atoms with Gasteiger partial charge in [-0.2, -0.15) is 0 Å². The fourth-order valence-electron chi connectivity index (χ4n) is 2.18. The van der Waals surface area contributed by atoms with E-state index in [-0.39, 0.29) is 5.97 Å². The molecular formula is C19H16N2O2S. The number of carbonyl (C=O) groups is 1. The molecule has 0 N–H and O–H groups in total. The Bertz CT molecular complexity index is 820. The lowest BCUT2D eigenvalue weighted by Crippen LogP contribution is -2.00. The molecular weight excluding hydrogens is 320 g/mol. The zero-order valence-electron chi connectivity index (χ0n) is 13.2. The van der Waals surface area contributed by atoms with Crippen molar-refractivity contribution in [2.75, 3.05) is 7.11 Å². The number of rotatable bonds is 5. The van der Waals surface area contributed by atoms with Crippen molar-refractivity contribution in [3.63, 3.8) is 0 Å². The standard InChI is InChI=1S/C19H16N2O2S/c1-23-18(22)16-9-7-14(8-10-16)13-24-19-20-12-11-17(21-19)15-5-3-2-4-6-15/h2-12H,13H2,1H3. The van der Waals surface area contributed by atoms with Crippen LogP contribution in [0.3, 0.4) is 0 Å². The van der Waals surface area contributed by atoms with Gasteiger partial charge < -0.3 is 4.74 Å². The summed E-state index contributed by atoms with van der Waals surface area (Å²) in [6.07, 6.45) is 1.78. The van der Waals surface area contributed by atoms with Crippen molar-refractivity contribution in [2.24, 2.45) is 0 Å². The summed E-state index contributed by atoms with van der Waals surface area (Å²) in [6, 6.07) is 19.3. The van der Waals surface area contributed by atoms with Crippen LogP contribution in [-0.2, 0) is 10.5 Å². The van der Waals surface area contributed by atoms with Crippen LogP contribution in [0.1, 0.15) is 15.9 Å². The molecule has 24 heavy (non-hydrogen) atoms. The first kappa shape index (κ1) is 16.2. The van der Waals surface area contributed by atoms with E-state index < -0.39 is 0 Å². The van der Waals surface area contributed by atoms with Gasteiger partial charge in [0, 0.05) is 17.5 Å². The average molecular weight is 336 g/mol. The Hall–Kier alpha value is -2.66. The smallest absolute Gasteiger partial charge is 0.337 e. The summed E-state index contributed by atoms with van der Waals surface area (Å²) in [5.41, 5.74) is 3.63. The number of carbonyl (C=O) groups excluding carboxylic acids is 1. The number of aromatic nitrogens is 2. The number of nitrogens with zero attached hydrogens (tertiary/aromatic N) is 2. The maximum atomic E-state index is 11.4. The molecule has 2 aromatic carbocycles. The second-order valence-corrected chi connectivity index (χ2v) is 6.01. The van der Waals surface area contributed by atoms with Crippen LogP contribution in [0.4, 0.5) is 0 Å². The van der Waals surface area contributed by atoms with E-state index in [1.165, 1.54) is 7.11 Å². The van der Waals surface area contributed by atoms with E-state index >= 15 is 0 Å². The molecule has 0 unspecified atom stereocenters. The van der Waals surface area contributed by atoms with Gasteiger partial charge in [-0.05, 0) is 23.8 Å². The maximum Gasteiger partial charge on any atom is 0.337 e. The maximum absolute atomic E-state index is 11.4. The summed E-state index contributed by atoms with van der Waals surface area (Å²) < 4.78 is 4.70. The number of hydrogen-bond acceptors (Lipinski definition) is 5. The molecule has 3 rings (SSSR count). The summed E-state index contributed by atoms with van der Waals surface area (Å²) in [7, 11) is 1.38. The Morgan fingerprint density at radius 1 is 1.04 bits per heavy atom. The lowest BCUT2D eigenvalue weighted by Gasteiger charge is -2.05. The molecule has 0 aliphatic carbocycles. The first-order valence-corrected chi connectivity index (χ1v) is 8.43. The fraction of sp³-hybridized carbons (Fsp3) is 0.105. The van der Waals surface area contributed by atoms with E-state index in [0.717, 1.165) is 27.7 Å². The van der Waals surface area contributed by atoms with Crippen LogP contribution in [0.5, 0.6) is 0 Å². The molecule has 0 radical (unpaired) electrons. The molecule has 0 aliphatic heterocycles. The Morgan fingerprint density at radius 2 is 1.79 bits per heavy atom. The number of hydrogen-bond donors (Lipinski definition) is 0. The Balaban J connectivity index is 1.68. The lowest BCUT2D eigenvalue weighted by molar-refractivity contribution is 0.0600. The van der Waals surface area contributed by atoms with Gasteiger partial charge >= 0.3 is 5.97 Å². The molecule has 5 heteroatoms. The zero-order chi connectivity index (χ0) is 16.8. The molecule has 4 nitrogen and oxygen atoms in total. The first-order chi connectivity index (χ1) is 11.8. The summed E-state index contributed by atoms with van der Waals surface area (Å²) in [4.78, 5) is 20.3. The lowest BCUT2D eigenvalue weighted by atomic mass is 10.1. The number of thioether (sulfide) groups is 1. The number of benzene rings is 2. The van der Waals surface area contributed by atoms with Crippen molar-refractivity contribution >= 4 is 17.7 Å². The molecule has 0 amide bonds. The molecule has 1 heterocycles. The molecule has 120 valence electrons. The number of methoxy groups -OCH3 is 1. The minimum Gasteiger partial charge on any atom is -0.465 e. The molecule has 0 saturated heterocycles. The molecule has 3 aromatic rings. The average Bonchev–Trinajstić information content (AvgIpc) is 2.67. The van der Waals surface area contributed by atoms with Crippen LogP contribution in [0.25, 0.3) is 11.3 Å². The van der Waals surface area contributed by atoms with Crippen LogP contribution in [0, 0.1) is 0 Å². The van der Waals surface area contributed by atoms with E-state index in [9.17, 15) is 4.79 Å². The predicted octanol–water partition coefficient (Wildman–Crippen LogP) is 4.22. The third-order valence-electron chi connectivity index (χ3n) is 3.45. The molecule has 0 aliphatic rings. The zero-order valence-corrected chi connectivity index (χ0v) is 14.0. The van der Waals surface area contributed by atoms with Gasteiger partial charge in [0.1, 0.15) is 0 Å². The molecule has 0 bridgehead atoms. The Labute approximate surface area is 144 Å². The van der Waals surface area contributed by atoms with Crippen LogP contribution in [0.2, 0.25) is 0 Å². The van der Waals surface area contributed by atoms with Gasteiger partial charge in [0.25, 0.3) is 0 Å². The third kappa shape index (κ3) is 4.00. The first-order valence-electron chi connectivity index (χ1n) is 7.45. The van der Waals surface area contributed by atoms with Crippen LogP contribution in [-0.4, -0.2) is 23.0 Å². The highest BCUT2D eigenvalue weighted by Gasteiger charge is 2.06. The van der Waals surface area contributed by atoms with E-state index in [2.05, 4.69) is 9.97 Å². The summed E-state index contributed by atoms with van der Waals surface area (Å²) >= 11 is 1.56. The van der Waals surface area contributed by atoms with Crippen LogP contribution >= 0.6 is 11.8 Å². The van der Waals surface area contributed by atoms with Crippen LogP contribution in [0.15, 0.2) is 72.0 Å². The Kier molecular flexibility index (Phi) is 5.23. The highest BCUT2D eigenvalue weighted by Crippen LogP contribution is 2.23. The van der Waals surface area contributed by atoms with Gasteiger partial charge in [-0.25, -0.2) is 14.8 Å². The van der Waals surface area contributed by atoms with E-state index in [4.69, 9.17) is 4.74 Å². The van der Waals surface area contributed by atoms with Crippen molar-refractivity contribution in [1.82, 2.24) is 9.97 Å². The molecule has 0 atom stereocenters. The van der Waals surface area contributed by atoms with E-state index in [1.807, 2.05) is 48.5 Å². The monoisotopic (exact) mass is 336 g/mol. The van der Waals surface area contributed by atoms with Gasteiger partial charge in [-0.1, -0.05) is 54.2 Å². The number of esters is 1. The largest absolute Gasteiger partial charge is 0.465 e. The third-order valence-corrected chi connectivity index (χ3v) is 4.38. The van der Waals surface area contributed by atoms with Crippen molar-refractivity contribution in [1.29, 1.82) is 0 Å². The Morgan fingerprint density at radius 3 is 2.50 bits per heavy atom. The van der Waals surface area contributed by atoms with Gasteiger partial charge in [0.2, 0.25) is 0 Å². The van der Waals surface area contributed by atoms with Crippen molar-refractivity contribution < 1.29 is 9.53 Å². The van der Waals surface area contributed by atoms with Gasteiger partial charge in [-0.3, -0.25) is 0 Å². The van der Waals surface area contributed by atoms with Gasteiger partial charge in [0.05, 0.1) is 18.4 Å². The molecule has 1 aromatic heterocycles. The molecule has 0 spiro atoms. The van der Waals surface area contributed by atoms with Crippen molar-refractivity contribution in [3.8, 4) is 11.3 Å². The summed E-state index contributed by atoms with van der Waals surface area (Å²) in [6.45, 7) is 0. The SMILES string of the molecule is COC(=O)c1ccc(CSc2nccc(-c3ccccc3)n2)cc1. The summed E-state index contributed by atoms with van der Waals surface area (Å²) in [5.74, 6) is 0.410. The second kappa shape index (κ2) is 7.75. The fourth-order valence-corrected chi connectivity index (χ4v) is 2.97. The van der Waals surface area contributed by atoms with E-state index in [0.29, 0.717) is 5.56 Å². The summed E-state index contributed by atoms with van der Waals surface area (Å²) in [5, 5.41) is 0.730. The number of ether oxygens (including phenoxy) is 1. The highest BCUT2D eigenvalue weighted by molar-refractivity contribution is 7.98. The van der Waals surface area contributed by atoms with E-state index in [1.54, 1.807) is 30.1 Å². The normalized spacial score (nSPS) is 10.4. The predicted molar refractivity (Wildman–Crippen MR) is 94.8 cm³/mol. The van der Waals surface area contributed by atoms with Gasteiger partial charge in [0.15, 0.2) is 5.16 Å². The van der Waals surface area contributed by atoms with Crippen molar-refractivity contribution in [3.05, 3.63) is 78.0 Å². The van der Waals surface area contributed by atoms with Crippen molar-refractivity contribution in [2.45, 2.75) is 10.9 Å². The topological polar surface area (TPSA) is 52.1 Å². The molecule has 0 fully saturated rings. The minimum absolute atomic E-state index is 0.326. The van der Waals surface area contributed by atoms with Crippen LogP contribution < -0.4 is 0 Å². The minimum atomic E-state index is -0.326. The highest BCUT2D eigenvalue weighted by atomic mass is 32.2. The van der Waals surface area contributed by atoms with Gasteiger partial charge in [-0.15, -0.1) is 0 Å². The quantitative estimate of drug-likeness (QED) is 0.397. The second-order valence-electron chi connectivity index (χ2n) is 5.07. The molecule has 0 saturated carbocycles.